The summed E-state index contributed by atoms with van der Waals surface area (Å²) in [5.74, 6) is 0.793. The number of carbonyl (C=O) groups excluding carboxylic acids is 1. The first kappa shape index (κ1) is 14.8. The maximum atomic E-state index is 11.7. The number of fused-ring (bicyclic) bond motifs is 1. The molecule has 6 heteroatoms. The third-order valence-electron chi connectivity index (χ3n) is 4.68. The number of nitrogens with zero attached hydrogens (tertiary/aromatic N) is 4. The summed E-state index contributed by atoms with van der Waals surface area (Å²) in [6.45, 7) is 4.52. The first-order chi connectivity index (χ1) is 10.1. The van der Waals surface area contributed by atoms with Crippen LogP contribution in [0.25, 0.3) is 0 Å². The van der Waals surface area contributed by atoms with E-state index in [2.05, 4.69) is 34.3 Å². The van der Waals surface area contributed by atoms with Crippen molar-refractivity contribution in [2.75, 3.05) is 38.6 Å². The van der Waals surface area contributed by atoms with E-state index in [-0.39, 0.29) is 5.91 Å². The third-order valence-corrected chi connectivity index (χ3v) is 5.47. The van der Waals surface area contributed by atoms with Gasteiger partial charge in [-0.05, 0) is 32.9 Å². The highest BCUT2D eigenvalue weighted by molar-refractivity contribution is 7.13. The van der Waals surface area contributed by atoms with Gasteiger partial charge in [0.1, 0.15) is 0 Å². The normalized spacial score (nSPS) is 29.0. The van der Waals surface area contributed by atoms with Crippen molar-refractivity contribution in [2.24, 2.45) is 5.92 Å². The first-order valence-corrected chi connectivity index (χ1v) is 8.52. The van der Waals surface area contributed by atoms with E-state index in [0.717, 1.165) is 37.6 Å². The first-order valence-electron chi connectivity index (χ1n) is 7.64. The number of piperidine rings is 1. The van der Waals surface area contributed by atoms with Crippen LogP contribution in [0, 0.1) is 5.92 Å². The molecule has 21 heavy (non-hydrogen) atoms. The van der Waals surface area contributed by atoms with Crippen LogP contribution < -0.4 is 4.90 Å². The van der Waals surface area contributed by atoms with E-state index in [9.17, 15) is 4.79 Å². The number of likely N-dealkylation sites (N-methyl/N-ethyl adjacent to an activating group) is 1. The number of amides is 1. The molecule has 3 atom stereocenters. The molecule has 116 valence electrons. The van der Waals surface area contributed by atoms with E-state index >= 15 is 0 Å². The standard InChI is InChI=1S/C15H24N4OS/c1-11(20)18-6-4-14-12(9-18)8-13(10-17(2)3)19(14)15-16-5-7-21-15/h5,7,12-14H,4,6,8-10H2,1-3H3/t12?,13-,14?/m0/s1. The average molecular weight is 308 g/mol. The number of thiazole rings is 1. The molecule has 2 aliphatic heterocycles. The topological polar surface area (TPSA) is 39.7 Å². The summed E-state index contributed by atoms with van der Waals surface area (Å²) in [6, 6.07) is 1.05. The van der Waals surface area contributed by atoms with Gasteiger partial charge in [0.25, 0.3) is 0 Å². The van der Waals surface area contributed by atoms with Crippen LogP contribution in [0.2, 0.25) is 0 Å². The van der Waals surface area contributed by atoms with Gasteiger partial charge in [0.05, 0.1) is 0 Å². The molecule has 0 aromatic carbocycles. The molecule has 2 unspecified atom stereocenters. The second-order valence-corrected chi connectivity index (χ2v) is 7.33. The zero-order chi connectivity index (χ0) is 15.0. The minimum absolute atomic E-state index is 0.213. The monoisotopic (exact) mass is 308 g/mol. The molecule has 1 aromatic rings. The molecule has 5 nitrogen and oxygen atoms in total. The molecular formula is C15H24N4OS. The predicted octanol–water partition coefficient (Wildman–Crippen LogP) is 1.52. The Balaban J connectivity index is 1.81. The number of hydrogen-bond acceptors (Lipinski definition) is 5. The maximum Gasteiger partial charge on any atom is 0.219 e. The molecule has 3 rings (SSSR count). The lowest BCUT2D eigenvalue weighted by molar-refractivity contribution is -0.130. The quantitative estimate of drug-likeness (QED) is 0.849. The fraction of sp³-hybridized carbons (Fsp3) is 0.733. The molecule has 2 saturated heterocycles. The van der Waals surface area contributed by atoms with Gasteiger partial charge in [-0.3, -0.25) is 4.79 Å². The van der Waals surface area contributed by atoms with Crippen molar-refractivity contribution < 1.29 is 4.79 Å². The number of hydrogen-bond donors (Lipinski definition) is 0. The molecule has 0 N–H and O–H groups in total. The van der Waals surface area contributed by atoms with E-state index in [0.29, 0.717) is 18.0 Å². The number of rotatable bonds is 3. The van der Waals surface area contributed by atoms with Gasteiger partial charge in [0.15, 0.2) is 5.13 Å². The zero-order valence-electron chi connectivity index (χ0n) is 13.0. The van der Waals surface area contributed by atoms with Crippen molar-refractivity contribution >= 4 is 22.4 Å². The van der Waals surface area contributed by atoms with Crippen LogP contribution in [-0.4, -0.2) is 66.5 Å². The van der Waals surface area contributed by atoms with Crippen LogP contribution in [-0.2, 0) is 4.79 Å². The van der Waals surface area contributed by atoms with Crippen LogP contribution >= 0.6 is 11.3 Å². The Morgan fingerprint density at radius 2 is 2.33 bits per heavy atom. The second-order valence-electron chi connectivity index (χ2n) is 6.45. The van der Waals surface area contributed by atoms with Crippen molar-refractivity contribution in [1.82, 2.24) is 14.8 Å². The SMILES string of the molecule is CC(=O)N1CCC2C(C[C@@H](CN(C)C)N2c2nccs2)C1. The van der Waals surface area contributed by atoms with Gasteiger partial charge in [-0.1, -0.05) is 0 Å². The van der Waals surface area contributed by atoms with Crippen molar-refractivity contribution in [2.45, 2.75) is 31.8 Å². The van der Waals surface area contributed by atoms with Crippen LogP contribution in [0.5, 0.6) is 0 Å². The number of likely N-dealkylation sites (tertiary alicyclic amines) is 1. The summed E-state index contributed by atoms with van der Waals surface area (Å²) in [7, 11) is 4.26. The molecule has 0 aliphatic carbocycles. The van der Waals surface area contributed by atoms with E-state index < -0.39 is 0 Å². The molecule has 2 fully saturated rings. The summed E-state index contributed by atoms with van der Waals surface area (Å²) in [5, 5.41) is 3.20. The summed E-state index contributed by atoms with van der Waals surface area (Å²) >= 11 is 1.73. The smallest absolute Gasteiger partial charge is 0.219 e. The zero-order valence-corrected chi connectivity index (χ0v) is 13.8. The molecular weight excluding hydrogens is 284 g/mol. The van der Waals surface area contributed by atoms with Crippen LogP contribution in [0.4, 0.5) is 5.13 Å². The molecule has 2 aliphatic rings. The largest absolute Gasteiger partial charge is 0.343 e. The Labute approximate surface area is 130 Å². The molecule has 3 heterocycles. The van der Waals surface area contributed by atoms with Crippen molar-refractivity contribution in [3.8, 4) is 0 Å². The Morgan fingerprint density at radius 3 is 2.95 bits per heavy atom. The predicted molar refractivity (Wildman–Crippen MR) is 85.7 cm³/mol. The Morgan fingerprint density at radius 1 is 1.52 bits per heavy atom. The average Bonchev–Trinajstić information content (AvgIpc) is 3.02. The summed E-state index contributed by atoms with van der Waals surface area (Å²) in [5.41, 5.74) is 0. The fourth-order valence-corrected chi connectivity index (χ4v) is 4.63. The lowest BCUT2D eigenvalue weighted by atomic mass is 9.92. The van der Waals surface area contributed by atoms with Gasteiger partial charge in [-0.15, -0.1) is 11.3 Å². The van der Waals surface area contributed by atoms with Crippen molar-refractivity contribution in [3.05, 3.63) is 11.6 Å². The van der Waals surface area contributed by atoms with Crippen LogP contribution in [0.1, 0.15) is 19.8 Å². The van der Waals surface area contributed by atoms with E-state index in [4.69, 9.17) is 0 Å². The highest BCUT2D eigenvalue weighted by atomic mass is 32.1. The lowest BCUT2D eigenvalue weighted by Crippen LogP contribution is -2.49. The molecule has 1 aromatic heterocycles. The van der Waals surface area contributed by atoms with Gasteiger partial charge in [-0.2, -0.15) is 0 Å². The van der Waals surface area contributed by atoms with Gasteiger partial charge >= 0.3 is 0 Å². The lowest BCUT2D eigenvalue weighted by Gasteiger charge is -2.38. The molecule has 0 bridgehead atoms. The number of aromatic nitrogens is 1. The molecule has 0 radical (unpaired) electrons. The highest BCUT2D eigenvalue weighted by Gasteiger charge is 2.45. The molecule has 0 spiro atoms. The van der Waals surface area contributed by atoms with Crippen molar-refractivity contribution in [3.63, 3.8) is 0 Å². The third kappa shape index (κ3) is 2.92. The summed E-state index contributed by atoms with van der Waals surface area (Å²) < 4.78 is 0. The Hall–Kier alpha value is -1.14. The van der Waals surface area contributed by atoms with Crippen LogP contribution in [0.15, 0.2) is 11.6 Å². The van der Waals surface area contributed by atoms with Gasteiger partial charge in [-0.25, -0.2) is 4.98 Å². The van der Waals surface area contributed by atoms with E-state index in [1.165, 1.54) is 0 Å². The fourth-order valence-electron chi connectivity index (χ4n) is 3.86. The highest BCUT2D eigenvalue weighted by Crippen LogP contribution is 2.39. The maximum absolute atomic E-state index is 11.7. The number of carbonyl (C=O) groups is 1. The van der Waals surface area contributed by atoms with Gasteiger partial charge < -0.3 is 14.7 Å². The number of anilines is 1. The molecule has 1 amide bonds. The summed E-state index contributed by atoms with van der Waals surface area (Å²) in [4.78, 5) is 23.0. The second kappa shape index (κ2) is 5.93. The Kier molecular flexibility index (Phi) is 4.17. The summed E-state index contributed by atoms with van der Waals surface area (Å²) in [6.07, 6.45) is 4.12. The van der Waals surface area contributed by atoms with Gasteiger partial charge in [0, 0.05) is 50.2 Å². The minimum Gasteiger partial charge on any atom is -0.343 e. The minimum atomic E-state index is 0.213. The van der Waals surface area contributed by atoms with Gasteiger partial charge in [0.2, 0.25) is 5.91 Å². The van der Waals surface area contributed by atoms with E-state index in [1.54, 1.807) is 18.3 Å². The Bertz CT molecular complexity index is 490. The molecule has 0 saturated carbocycles. The van der Waals surface area contributed by atoms with Crippen LogP contribution in [0.3, 0.4) is 0 Å². The van der Waals surface area contributed by atoms with E-state index in [1.807, 2.05) is 11.1 Å². The van der Waals surface area contributed by atoms with Crippen molar-refractivity contribution in [1.29, 1.82) is 0 Å².